The third-order valence-corrected chi connectivity index (χ3v) is 6.25. The number of rotatable bonds is 5. The van der Waals surface area contributed by atoms with Crippen LogP contribution in [0.3, 0.4) is 0 Å². The second-order valence-electron chi connectivity index (χ2n) is 7.26. The van der Waals surface area contributed by atoms with Gasteiger partial charge < -0.3 is 14.7 Å². The Morgan fingerprint density at radius 3 is 2.96 bits per heavy atom. The van der Waals surface area contributed by atoms with Crippen LogP contribution in [-0.2, 0) is 4.79 Å². The highest BCUT2D eigenvalue weighted by atomic mass is 32.2. The minimum Gasteiger partial charge on any atom is -0.411 e. The Kier molecular flexibility index (Phi) is 5.20. The number of hydrogen-bond donors (Lipinski definition) is 2. The summed E-state index contributed by atoms with van der Waals surface area (Å²) in [6.07, 6.45) is 6.57. The number of nitrogens with zero attached hydrogens (tertiary/aromatic N) is 2. The molecule has 0 radical (unpaired) electrons. The van der Waals surface area contributed by atoms with E-state index in [9.17, 15) is 4.79 Å². The molecule has 2 aromatic heterocycles. The van der Waals surface area contributed by atoms with Gasteiger partial charge in [-0.2, -0.15) is 0 Å². The number of benzene rings is 1. The van der Waals surface area contributed by atoms with E-state index in [1.807, 2.05) is 37.4 Å². The second kappa shape index (κ2) is 7.76. The van der Waals surface area contributed by atoms with Crippen molar-refractivity contribution in [1.82, 2.24) is 20.5 Å². The number of carbonyl (C=O) groups is 1. The molecule has 1 saturated carbocycles. The first-order chi connectivity index (χ1) is 13.1. The number of H-pyrrole nitrogens is 1. The summed E-state index contributed by atoms with van der Waals surface area (Å²) < 4.78 is 5.81. The lowest BCUT2D eigenvalue weighted by molar-refractivity contribution is -0.121. The summed E-state index contributed by atoms with van der Waals surface area (Å²) in [5.74, 6) is 1.03. The molecule has 0 unspecified atom stereocenters. The summed E-state index contributed by atoms with van der Waals surface area (Å²) in [6, 6.07) is 8.25. The van der Waals surface area contributed by atoms with Crippen LogP contribution in [0.25, 0.3) is 22.4 Å². The fourth-order valence-electron chi connectivity index (χ4n) is 3.65. The van der Waals surface area contributed by atoms with Gasteiger partial charge in [-0.3, -0.25) is 4.79 Å². The van der Waals surface area contributed by atoms with E-state index in [-0.39, 0.29) is 17.2 Å². The quantitative estimate of drug-likeness (QED) is 0.637. The van der Waals surface area contributed by atoms with Crippen molar-refractivity contribution in [2.45, 2.75) is 56.0 Å². The number of para-hydroxylation sites is 1. The summed E-state index contributed by atoms with van der Waals surface area (Å²) in [4.78, 5) is 15.8. The van der Waals surface area contributed by atoms with Gasteiger partial charge in [0, 0.05) is 23.1 Å². The molecule has 3 aromatic rings. The average Bonchev–Trinajstić information content (AvgIpc) is 3.30. The van der Waals surface area contributed by atoms with Gasteiger partial charge in [0.1, 0.15) is 0 Å². The van der Waals surface area contributed by atoms with Crippen molar-refractivity contribution in [3.63, 3.8) is 0 Å². The van der Waals surface area contributed by atoms with E-state index in [0.29, 0.717) is 17.0 Å². The summed E-state index contributed by atoms with van der Waals surface area (Å²) in [5, 5.41) is 12.6. The third-order valence-electron chi connectivity index (χ3n) is 5.31. The van der Waals surface area contributed by atoms with Gasteiger partial charge in [0.15, 0.2) is 0 Å². The first-order valence-corrected chi connectivity index (χ1v) is 10.4. The molecular weight excluding hydrogens is 360 g/mol. The molecule has 1 amide bonds. The van der Waals surface area contributed by atoms with E-state index in [1.165, 1.54) is 31.0 Å². The molecule has 27 heavy (non-hydrogen) atoms. The van der Waals surface area contributed by atoms with Gasteiger partial charge in [0.05, 0.1) is 10.8 Å². The second-order valence-corrected chi connectivity index (χ2v) is 8.55. The van der Waals surface area contributed by atoms with Crippen LogP contribution in [0, 0.1) is 5.92 Å². The third kappa shape index (κ3) is 3.88. The number of aromatic nitrogens is 3. The predicted octanol–water partition coefficient (Wildman–Crippen LogP) is 4.39. The van der Waals surface area contributed by atoms with Gasteiger partial charge in [0.25, 0.3) is 11.1 Å². The number of thioether (sulfide) groups is 1. The van der Waals surface area contributed by atoms with Crippen molar-refractivity contribution in [2.75, 3.05) is 0 Å². The molecule has 6 nitrogen and oxygen atoms in total. The fraction of sp³-hybridized carbons (Fsp3) is 0.450. The molecule has 0 saturated heterocycles. The largest absolute Gasteiger partial charge is 0.411 e. The van der Waals surface area contributed by atoms with Crippen LogP contribution in [0.15, 0.2) is 40.1 Å². The maximum atomic E-state index is 12.5. The number of nitrogens with one attached hydrogen (secondary N) is 2. The zero-order valence-electron chi connectivity index (χ0n) is 15.6. The van der Waals surface area contributed by atoms with Crippen LogP contribution >= 0.6 is 11.8 Å². The summed E-state index contributed by atoms with van der Waals surface area (Å²) in [5.41, 5.74) is 1.90. The van der Waals surface area contributed by atoms with E-state index in [2.05, 4.69) is 27.4 Å². The summed E-state index contributed by atoms with van der Waals surface area (Å²) in [6.45, 7) is 4.09. The Morgan fingerprint density at radius 1 is 1.30 bits per heavy atom. The van der Waals surface area contributed by atoms with Crippen molar-refractivity contribution in [3.8, 4) is 11.5 Å². The van der Waals surface area contributed by atoms with Gasteiger partial charge in [-0.25, -0.2) is 0 Å². The lowest BCUT2D eigenvalue weighted by Crippen LogP contribution is -2.44. The first kappa shape index (κ1) is 18.1. The highest BCUT2D eigenvalue weighted by Crippen LogP contribution is 2.31. The lowest BCUT2D eigenvalue weighted by atomic mass is 9.86. The average molecular weight is 385 g/mol. The van der Waals surface area contributed by atoms with Crippen LogP contribution in [-0.4, -0.2) is 32.4 Å². The number of hydrogen-bond acceptors (Lipinski definition) is 5. The number of aromatic amines is 1. The highest BCUT2D eigenvalue weighted by molar-refractivity contribution is 8.00. The molecule has 142 valence electrons. The predicted molar refractivity (Wildman–Crippen MR) is 106 cm³/mol. The molecular formula is C20H24N4O2S. The molecule has 3 atom stereocenters. The fourth-order valence-corrected chi connectivity index (χ4v) is 4.34. The molecule has 7 heteroatoms. The number of carbonyl (C=O) groups excluding carboxylic acids is 1. The Hall–Kier alpha value is -2.28. The van der Waals surface area contributed by atoms with E-state index >= 15 is 0 Å². The Morgan fingerprint density at radius 2 is 2.11 bits per heavy atom. The van der Waals surface area contributed by atoms with Gasteiger partial charge in [-0.1, -0.05) is 49.7 Å². The lowest BCUT2D eigenvalue weighted by Gasteiger charge is -2.30. The smallest absolute Gasteiger partial charge is 0.277 e. The van der Waals surface area contributed by atoms with Crippen LogP contribution in [0.2, 0.25) is 0 Å². The molecule has 1 aliphatic carbocycles. The zero-order valence-corrected chi connectivity index (χ0v) is 16.4. The topological polar surface area (TPSA) is 83.8 Å². The van der Waals surface area contributed by atoms with Crippen molar-refractivity contribution < 1.29 is 9.21 Å². The van der Waals surface area contributed by atoms with E-state index in [0.717, 1.165) is 22.9 Å². The molecule has 0 spiro atoms. The van der Waals surface area contributed by atoms with Gasteiger partial charge in [-0.05, 0) is 31.7 Å². The molecule has 4 rings (SSSR count). The first-order valence-electron chi connectivity index (χ1n) is 9.49. The zero-order chi connectivity index (χ0) is 18.8. The van der Waals surface area contributed by atoms with Crippen LogP contribution in [0.5, 0.6) is 0 Å². The highest BCUT2D eigenvalue weighted by Gasteiger charge is 2.26. The Bertz CT molecular complexity index is 935. The maximum Gasteiger partial charge on any atom is 0.277 e. The standard InChI is InChI=1S/C20H24N4O2S/c1-12-7-3-5-9-16(12)22-18(25)13(2)27-20-24-23-19(26-20)15-11-21-17-10-6-4-8-14(15)17/h4,6,8,10-13,16,21H,3,5,7,9H2,1-2H3,(H,22,25)/t12-,13+,16-/m0/s1. The van der Waals surface area contributed by atoms with E-state index in [4.69, 9.17) is 4.42 Å². The van der Waals surface area contributed by atoms with Crippen LogP contribution in [0.1, 0.15) is 39.5 Å². The van der Waals surface area contributed by atoms with Gasteiger partial charge >= 0.3 is 0 Å². The number of amides is 1. The van der Waals surface area contributed by atoms with Gasteiger partial charge in [-0.15, -0.1) is 10.2 Å². The minimum absolute atomic E-state index is 0.0330. The Labute approximate surface area is 162 Å². The van der Waals surface area contributed by atoms with E-state index in [1.54, 1.807) is 0 Å². The van der Waals surface area contributed by atoms with Gasteiger partial charge in [0.2, 0.25) is 5.91 Å². The SMILES string of the molecule is C[C@@H](Sc1nnc(-c2c[nH]c3ccccc23)o1)C(=O)N[C@H]1CCCC[C@@H]1C. The number of fused-ring (bicyclic) bond motifs is 1. The van der Waals surface area contributed by atoms with Crippen molar-refractivity contribution in [1.29, 1.82) is 0 Å². The molecule has 0 bridgehead atoms. The van der Waals surface area contributed by atoms with Crippen LogP contribution < -0.4 is 5.32 Å². The molecule has 0 aliphatic heterocycles. The molecule has 2 heterocycles. The van der Waals surface area contributed by atoms with Crippen molar-refractivity contribution in [3.05, 3.63) is 30.5 Å². The molecule has 1 aliphatic rings. The van der Waals surface area contributed by atoms with Crippen molar-refractivity contribution >= 4 is 28.6 Å². The Balaban J connectivity index is 1.42. The summed E-state index contributed by atoms with van der Waals surface area (Å²) in [7, 11) is 0. The molecule has 2 N–H and O–H groups in total. The normalized spacial score (nSPS) is 21.3. The molecule has 1 aromatic carbocycles. The monoisotopic (exact) mass is 384 g/mol. The van der Waals surface area contributed by atoms with E-state index < -0.39 is 0 Å². The van der Waals surface area contributed by atoms with Crippen molar-refractivity contribution in [2.24, 2.45) is 5.92 Å². The maximum absolute atomic E-state index is 12.5. The van der Waals surface area contributed by atoms with Crippen LogP contribution in [0.4, 0.5) is 0 Å². The minimum atomic E-state index is -0.282. The summed E-state index contributed by atoms with van der Waals surface area (Å²) >= 11 is 1.30. The molecule has 1 fully saturated rings.